The van der Waals surface area contributed by atoms with E-state index in [1.165, 1.54) is 5.69 Å². The first kappa shape index (κ1) is 11.2. The van der Waals surface area contributed by atoms with E-state index in [2.05, 4.69) is 32.2 Å². The highest BCUT2D eigenvalue weighted by Crippen LogP contribution is 2.32. The first-order chi connectivity index (χ1) is 7.18. The number of hydrogen-bond acceptors (Lipinski definition) is 2. The van der Waals surface area contributed by atoms with Gasteiger partial charge in [-0.25, -0.2) is 0 Å². The fraction of sp³-hybridized carbons (Fsp3) is 0.455. The Kier molecular flexibility index (Phi) is 3.54. The molecule has 82 valence electrons. The van der Waals surface area contributed by atoms with Gasteiger partial charge in [-0.05, 0) is 40.5 Å². The Hall–Kier alpha value is -0.250. The van der Waals surface area contributed by atoms with Crippen LogP contribution in [0.1, 0.15) is 5.56 Å². The van der Waals surface area contributed by atoms with Crippen LogP contribution in [-0.4, -0.2) is 26.2 Å². The highest BCUT2D eigenvalue weighted by molar-refractivity contribution is 9.10. The topological polar surface area (TPSA) is 15.3 Å². The molecule has 2 rings (SSSR count). The molecule has 0 unspecified atom stereocenters. The van der Waals surface area contributed by atoms with Crippen molar-refractivity contribution in [2.24, 2.45) is 0 Å². The number of anilines is 1. The zero-order valence-corrected chi connectivity index (χ0v) is 11.0. The normalized spacial score (nSPS) is 16.9. The molecule has 0 amide bonds. The minimum absolute atomic E-state index is 0.840. The molecule has 1 heterocycles. The molecule has 0 aliphatic carbocycles. The van der Waals surface area contributed by atoms with Gasteiger partial charge in [0.2, 0.25) is 0 Å². The van der Waals surface area contributed by atoms with Crippen molar-refractivity contribution in [1.82, 2.24) is 5.32 Å². The smallest absolute Gasteiger partial charge is 0.0526 e. The molecule has 15 heavy (non-hydrogen) atoms. The van der Waals surface area contributed by atoms with Gasteiger partial charge < -0.3 is 10.2 Å². The van der Waals surface area contributed by atoms with Crippen molar-refractivity contribution in [3.8, 4) is 0 Å². The van der Waals surface area contributed by atoms with Crippen LogP contribution in [0.2, 0.25) is 5.02 Å². The van der Waals surface area contributed by atoms with Gasteiger partial charge in [-0.3, -0.25) is 0 Å². The fourth-order valence-corrected chi connectivity index (χ4v) is 2.65. The van der Waals surface area contributed by atoms with Crippen LogP contribution in [0.25, 0.3) is 0 Å². The number of aryl methyl sites for hydroxylation is 1. The van der Waals surface area contributed by atoms with E-state index in [0.29, 0.717) is 0 Å². The van der Waals surface area contributed by atoms with Gasteiger partial charge in [0.1, 0.15) is 0 Å². The molecule has 0 aromatic heterocycles. The largest absolute Gasteiger partial charge is 0.368 e. The standard InChI is InChI=1S/C11H14BrClN2/c1-8-6-9(12)11(7-10(8)13)15-4-2-14-3-5-15/h6-7,14H,2-5H2,1H3. The molecule has 1 fully saturated rings. The summed E-state index contributed by atoms with van der Waals surface area (Å²) < 4.78 is 1.13. The second kappa shape index (κ2) is 4.73. The summed E-state index contributed by atoms with van der Waals surface area (Å²) in [6.45, 7) is 6.18. The minimum Gasteiger partial charge on any atom is -0.368 e. The average Bonchev–Trinajstić information content (AvgIpc) is 2.25. The van der Waals surface area contributed by atoms with Gasteiger partial charge in [0.15, 0.2) is 0 Å². The molecular weight excluding hydrogens is 275 g/mol. The molecule has 1 aromatic carbocycles. The van der Waals surface area contributed by atoms with Crippen LogP contribution in [-0.2, 0) is 0 Å². The van der Waals surface area contributed by atoms with E-state index in [9.17, 15) is 0 Å². The Morgan fingerprint density at radius 2 is 2.00 bits per heavy atom. The van der Waals surface area contributed by atoms with Crippen molar-refractivity contribution in [2.75, 3.05) is 31.1 Å². The maximum absolute atomic E-state index is 6.14. The number of rotatable bonds is 1. The average molecular weight is 290 g/mol. The summed E-state index contributed by atoms with van der Waals surface area (Å²) in [5.74, 6) is 0. The van der Waals surface area contributed by atoms with Crippen LogP contribution < -0.4 is 10.2 Å². The molecule has 4 heteroatoms. The van der Waals surface area contributed by atoms with E-state index in [4.69, 9.17) is 11.6 Å². The van der Waals surface area contributed by atoms with Crippen LogP contribution in [0.4, 0.5) is 5.69 Å². The van der Waals surface area contributed by atoms with E-state index in [0.717, 1.165) is 41.2 Å². The molecule has 2 nitrogen and oxygen atoms in total. The number of benzene rings is 1. The fourth-order valence-electron chi connectivity index (χ4n) is 1.78. The molecule has 1 aliphatic rings. The predicted molar refractivity (Wildman–Crippen MR) is 69.0 cm³/mol. The third-order valence-corrected chi connectivity index (χ3v) is 3.73. The minimum atomic E-state index is 0.840. The van der Waals surface area contributed by atoms with Gasteiger partial charge in [0.25, 0.3) is 0 Å². The molecule has 1 aliphatic heterocycles. The summed E-state index contributed by atoms with van der Waals surface area (Å²) in [7, 11) is 0. The van der Waals surface area contributed by atoms with Gasteiger partial charge in [-0.2, -0.15) is 0 Å². The maximum atomic E-state index is 6.14. The van der Waals surface area contributed by atoms with Crippen molar-refractivity contribution in [3.05, 3.63) is 27.2 Å². The molecule has 0 bridgehead atoms. The molecule has 1 saturated heterocycles. The van der Waals surface area contributed by atoms with Crippen LogP contribution >= 0.6 is 27.5 Å². The highest BCUT2D eigenvalue weighted by atomic mass is 79.9. The van der Waals surface area contributed by atoms with Crippen molar-refractivity contribution in [2.45, 2.75) is 6.92 Å². The molecule has 1 N–H and O–H groups in total. The van der Waals surface area contributed by atoms with Crippen LogP contribution in [0.3, 0.4) is 0 Å². The summed E-state index contributed by atoms with van der Waals surface area (Å²) in [6, 6.07) is 4.13. The monoisotopic (exact) mass is 288 g/mol. The Morgan fingerprint density at radius 3 is 2.67 bits per heavy atom. The Morgan fingerprint density at radius 1 is 1.33 bits per heavy atom. The number of halogens is 2. The lowest BCUT2D eigenvalue weighted by Gasteiger charge is -2.30. The summed E-state index contributed by atoms with van der Waals surface area (Å²) >= 11 is 9.74. The molecule has 0 radical (unpaired) electrons. The van der Waals surface area contributed by atoms with Crippen LogP contribution in [0.15, 0.2) is 16.6 Å². The summed E-state index contributed by atoms with van der Waals surface area (Å²) in [5.41, 5.74) is 2.31. The Labute approximate surface area is 104 Å². The molecule has 0 spiro atoms. The van der Waals surface area contributed by atoms with Crippen molar-refractivity contribution in [3.63, 3.8) is 0 Å². The zero-order chi connectivity index (χ0) is 10.8. The lowest BCUT2D eigenvalue weighted by Crippen LogP contribution is -2.43. The van der Waals surface area contributed by atoms with Crippen LogP contribution in [0, 0.1) is 6.92 Å². The van der Waals surface area contributed by atoms with Gasteiger partial charge in [-0.1, -0.05) is 11.6 Å². The summed E-state index contributed by atoms with van der Waals surface area (Å²) in [5, 5.41) is 4.18. The molecule has 1 aromatic rings. The third-order valence-electron chi connectivity index (χ3n) is 2.69. The second-order valence-electron chi connectivity index (χ2n) is 3.79. The number of nitrogens with one attached hydrogen (secondary N) is 1. The Balaban J connectivity index is 2.30. The first-order valence-corrected chi connectivity index (χ1v) is 6.27. The predicted octanol–water partition coefficient (Wildman–Crippen LogP) is 2.82. The summed E-state index contributed by atoms with van der Waals surface area (Å²) in [4.78, 5) is 2.35. The first-order valence-electron chi connectivity index (χ1n) is 5.10. The van der Waals surface area contributed by atoms with Gasteiger partial charge in [0.05, 0.1) is 5.69 Å². The second-order valence-corrected chi connectivity index (χ2v) is 5.05. The lowest BCUT2D eigenvalue weighted by atomic mass is 10.2. The Bertz CT molecular complexity index is 362. The number of hydrogen-bond donors (Lipinski definition) is 1. The van der Waals surface area contributed by atoms with Gasteiger partial charge >= 0.3 is 0 Å². The zero-order valence-electron chi connectivity index (χ0n) is 8.69. The molecular formula is C11H14BrClN2. The van der Waals surface area contributed by atoms with Gasteiger partial charge in [0, 0.05) is 35.7 Å². The molecule has 0 atom stereocenters. The van der Waals surface area contributed by atoms with Crippen molar-refractivity contribution < 1.29 is 0 Å². The van der Waals surface area contributed by atoms with E-state index in [1.54, 1.807) is 0 Å². The number of piperazine rings is 1. The van der Waals surface area contributed by atoms with Crippen molar-refractivity contribution >= 4 is 33.2 Å². The lowest BCUT2D eigenvalue weighted by molar-refractivity contribution is 0.588. The third kappa shape index (κ3) is 2.47. The van der Waals surface area contributed by atoms with Crippen LogP contribution in [0.5, 0.6) is 0 Å². The summed E-state index contributed by atoms with van der Waals surface area (Å²) in [6.07, 6.45) is 0. The maximum Gasteiger partial charge on any atom is 0.0526 e. The molecule has 0 saturated carbocycles. The van der Waals surface area contributed by atoms with E-state index in [1.807, 2.05) is 13.0 Å². The highest BCUT2D eigenvalue weighted by Gasteiger charge is 2.14. The SMILES string of the molecule is Cc1cc(Br)c(N2CCNCC2)cc1Cl. The van der Waals surface area contributed by atoms with E-state index >= 15 is 0 Å². The van der Waals surface area contributed by atoms with E-state index < -0.39 is 0 Å². The van der Waals surface area contributed by atoms with Crippen molar-refractivity contribution in [1.29, 1.82) is 0 Å². The van der Waals surface area contributed by atoms with E-state index in [-0.39, 0.29) is 0 Å². The van der Waals surface area contributed by atoms with Gasteiger partial charge in [-0.15, -0.1) is 0 Å². The number of nitrogens with zero attached hydrogens (tertiary/aromatic N) is 1. The quantitative estimate of drug-likeness (QED) is 0.855.